The van der Waals surface area contributed by atoms with Gasteiger partial charge in [-0.1, -0.05) is 24.3 Å². The fraction of sp³-hybridized carbons (Fsp3) is 0.130. The number of benzene rings is 2. The molecule has 1 aromatic heterocycles. The smallest absolute Gasteiger partial charge is 0.278 e. The molecule has 0 unspecified atom stereocenters. The van der Waals surface area contributed by atoms with Gasteiger partial charge in [0.1, 0.15) is 11.5 Å². The maximum absolute atomic E-state index is 14.2. The summed E-state index contributed by atoms with van der Waals surface area (Å²) in [6, 6.07) is 14.8. The third kappa shape index (κ3) is 3.89. The molecule has 2 amide bonds. The van der Waals surface area contributed by atoms with E-state index in [1.165, 1.54) is 31.6 Å². The summed E-state index contributed by atoms with van der Waals surface area (Å²) >= 11 is 1.35. The molecule has 0 saturated heterocycles. The number of nitrogens with zero attached hydrogens (tertiary/aromatic N) is 1. The number of thiophene rings is 1. The third-order valence-corrected chi connectivity index (χ3v) is 5.76. The molecule has 0 spiro atoms. The maximum Gasteiger partial charge on any atom is 0.278 e. The fourth-order valence-corrected chi connectivity index (χ4v) is 4.11. The van der Waals surface area contributed by atoms with Gasteiger partial charge in [0.15, 0.2) is 11.5 Å². The van der Waals surface area contributed by atoms with Crippen LogP contribution in [-0.4, -0.2) is 30.9 Å². The van der Waals surface area contributed by atoms with Crippen molar-refractivity contribution in [2.45, 2.75) is 6.54 Å². The zero-order valence-electron chi connectivity index (χ0n) is 16.8. The minimum atomic E-state index is -0.522. The number of methoxy groups -OCH3 is 2. The van der Waals surface area contributed by atoms with Crippen LogP contribution in [0.3, 0.4) is 0 Å². The zero-order chi connectivity index (χ0) is 22.0. The highest BCUT2D eigenvalue weighted by molar-refractivity contribution is 7.11. The Kier molecular flexibility index (Phi) is 5.73. The topological polar surface area (TPSA) is 67.9 Å². The van der Waals surface area contributed by atoms with Gasteiger partial charge in [0.2, 0.25) is 0 Å². The van der Waals surface area contributed by atoms with Gasteiger partial charge in [0, 0.05) is 22.2 Å². The molecule has 0 aliphatic carbocycles. The van der Waals surface area contributed by atoms with E-state index in [9.17, 15) is 14.0 Å². The second-order valence-corrected chi connectivity index (χ2v) is 7.66. The number of rotatable bonds is 7. The molecule has 1 aliphatic rings. The standard InChI is InChI=1S/C23H19FN2O4S/c1-29-17-10-9-15(12-18(17)30-2)25-21-20(19-8-5-11-31-19)22(27)26(23(21)28)13-14-6-3-4-7-16(14)24/h3-12,25H,13H2,1-2H3. The van der Waals surface area contributed by atoms with Crippen molar-refractivity contribution in [1.82, 2.24) is 4.90 Å². The van der Waals surface area contributed by atoms with Crippen molar-refractivity contribution in [3.63, 3.8) is 0 Å². The lowest BCUT2D eigenvalue weighted by Crippen LogP contribution is -2.32. The Morgan fingerprint density at radius 2 is 1.74 bits per heavy atom. The van der Waals surface area contributed by atoms with Crippen LogP contribution in [0.5, 0.6) is 11.5 Å². The second-order valence-electron chi connectivity index (χ2n) is 6.71. The van der Waals surface area contributed by atoms with E-state index in [1.54, 1.807) is 48.5 Å². The molecule has 0 bridgehead atoms. The summed E-state index contributed by atoms with van der Waals surface area (Å²) in [6.07, 6.45) is 0. The molecule has 0 fully saturated rings. The normalized spacial score (nSPS) is 13.7. The van der Waals surface area contributed by atoms with E-state index in [-0.39, 0.29) is 23.4 Å². The Hall–Kier alpha value is -3.65. The SMILES string of the molecule is COc1ccc(NC2=C(c3cccs3)C(=O)N(Cc3ccccc3F)C2=O)cc1OC. The lowest BCUT2D eigenvalue weighted by Gasteiger charge is -2.16. The Labute approximate surface area is 182 Å². The van der Waals surface area contributed by atoms with E-state index in [1.807, 2.05) is 5.38 Å². The van der Waals surface area contributed by atoms with Crippen molar-refractivity contribution < 1.29 is 23.5 Å². The van der Waals surface area contributed by atoms with Crippen molar-refractivity contribution in [2.75, 3.05) is 19.5 Å². The van der Waals surface area contributed by atoms with E-state index >= 15 is 0 Å². The van der Waals surface area contributed by atoms with Crippen molar-refractivity contribution in [1.29, 1.82) is 0 Å². The number of hydrogen-bond donors (Lipinski definition) is 1. The Bertz CT molecular complexity index is 1170. The van der Waals surface area contributed by atoms with Crippen molar-refractivity contribution in [2.24, 2.45) is 0 Å². The van der Waals surface area contributed by atoms with Crippen molar-refractivity contribution in [3.8, 4) is 11.5 Å². The van der Waals surface area contributed by atoms with Gasteiger partial charge in [-0.05, 0) is 29.6 Å². The number of carbonyl (C=O) groups excluding carboxylic acids is 2. The Morgan fingerprint density at radius 1 is 0.968 bits per heavy atom. The van der Waals surface area contributed by atoms with E-state index in [2.05, 4.69) is 5.32 Å². The summed E-state index contributed by atoms with van der Waals surface area (Å²) in [5.74, 6) is -0.450. The van der Waals surface area contributed by atoms with Crippen LogP contribution in [0.1, 0.15) is 10.4 Å². The molecule has 6 nitrogen and oxygen atoms in total. The summed E-state index contributed by atoms with van der Waals surface area (Å²) in [4.78, 5) is 28.1. The minimum Gasteiger partial charge on any atom is -0.493 e. The number of imide groups is 1. The van der Waals surface area contributed by atoms with E-state index in [4.69, 9.17) is 9.47 Å². The molecule has 3 aromatic rings. The highest BCUT2D eigenvalue weighted by Gasteiger charge is 2.40. The van der Waals surface area contributed by atoms with Gasteiger partial charge in [-0.3, -0.25) is 14.5 Å². The van der Waals surface area contributed by atoms with Crippen LogP contribution < -0.4 is 14.8 Å². The van der Waals surface area contributed by atoms with Crippen molar-refractivity contribution >= 4 is 34.4 Å². The summed E-state index contributed by atoms with van der Waals surface area (Å²) in [5.41, 5.74) is 1.21. The van der Waals surface area contributed by atoms with Gasteiger partial charge in [-0.25, -0.2) is 4.39 Å². The van der Waals surface area contributed by atoms with E-state index in [0.717, 1.165) is 4.90 Å². The van der Waals surface area contributed by atoms with Crippen molar-refractivity contribution in [3.05, 3.63) is 81.9 Å². The first-order valence-corrected chi connectivity index (χ1v) is 10.3. The number of hydrogen-bond acceptors (Lipinski definition) is 6. The average Bonchev–Trinajstić information content (AvgIpc) is 3.38. The maximum atomic E-state index is 14.2. The molecule has 1 aliphatic heterocycles. The number of anilines is 1. The van der Waals surface area contributed by atoms with Gasteiger partial charge in [0.25, 0.3) is 11.8 Å². The van der Waals surface area contributed by atoms with Crippen LogP contribution in [0, 0.1) is 5.82 Å². The first-order valence-electron chi connectivity index (χ1n) is 9.40. The van der Waals surface area contributed by atoms with Gasteiger partial charge >= 0.3 is 0 Å². The van der Waals surface area contributed by atoms with Crippen LogP contribution in [-0.2, 0) is 16.1 Å². The highest BCUT2D eigenvalue weighted by Crippen LogP contribution is 2.36. The molecule has 0 atom stereocenters. The predicted molar refractivity (Wildman–Crippen MR) is 116 cm³/mol. The number of ether oxygens (including phenoxy) is 2. The molecular weight excluding hydrogens is 419 g/mol. The molecule has 2 heterocycles. The van der Waals surface area contributed by atoms with E-state index < -0.39 is 17.6 Å². The first kappa shape index (κ1) is 20.6. The molecule has 158 valence electrons. The van der Waals surface area contributed by atoms with Gasteiger partial charge < -0.3 is 14.8 Å². The lowest BCUT2D eigenvalue weighted by atomic mass is 10.1. The number of amides is 2. The van der Waals surface area contributed by atoms with E-state index in [0.29, 0.717) is 22.1 Å². The molecular formula is C23H19FN2O4S. The zero-order valence-corrected chi connectivity index (χ0v) is 17.7. The Balaban J connectivity index is 1.72. The largest absolute Gasteiger partial charge is 0.493 e. The summed E-state index contributed by atoms with van der Waals surface area (Å²) in [5, 5.41) is 4.89. The van der Waals surface area contributed by atoms with Crippen LogP contribution in [0.25, 0.3) is 5.57 Å². The molecule has 8 heteroatoms. The summed E-state index contributed by atoms with van der Waals surface area (Å²) in [6.45, 7) is -0.156. The predicted octanol–water partition coefficient (Wildman–Crippen LogP) is 4.30. The van der Waals surface area contributed by atoms with Gasteiger partial charge in [-0.2, -0.15) is 0 Å². The number of halogens is 1. The quantitative estimate of drug-likeness (QED) is 0.557. The molecule has 4 rings (SSSR count). The van der Waals surface area contributed by atoms with Crippen LogP contribution in [0.15, 0.2) is 65.7 Å². The number of carbonyl (C=O) groups is 2. The average molecular weight is 438 g/mol. The monoisotopic (exact) mass is 438 g/mol. The highest BCUT2D eigenvalue weighted by atomic mass is 32.1. The molecule has 31 heavy (non-hydrogen) atoms. The molecule has 0 radical (unpaired) electrons. The van der Waals surface area contributed by atoms with Gasteiger partial charge in [0.05, 0.1) is 26.3 Å². The summed E-state index contributed by atoms with van der Waals surface area (Å²) < 4.78 is 24.7. The number of nitrogens with one attached hydrogen (secondary N) is 1. The van der Waals surface area contributed by atoms with Crippen LogP contribution in [0.2, 0.25) is 0 Å². The Morgan fingerprint density at radius 3 is 2.42 bits per heavy atom. The second kappa shape index (κ2) is 8.61. The minimum absolute atomic E-state index is 0.135. The van der Waals surface area contributed by atoms with Crippen LogP contribution in [0.4, 0.5) is 10.1 Å². The lowest BCUT2D eigenvalue weighted by molar-refractivity contribution is -0.137. The molecule has 2 aromatic carbocycles. The fourth-order valence-electron chi connectivity index (χ4n) is 3.34. The van der Waals surface area contributed by atoms with Gasteiger partial charge in [-0.15, -0.1) is 11.3 Å². The molecule has 1 N–H and O–H groups in total. The van der Waals surface area contributed by atoms with Crippen LogP contribution >= 0.6 is 11.3 Å². The molecule has 0 saturated carbocycles. The third-order valence-electron chi connectivity index (χ3n) is 4.87. The first-order chi connectivity index (χ1) is 15.0. The summed E-state index contributed by atoms with van der Waals surface area (Å²) in [7, 11) is 3.04.